The molecule has 3 atom stereocenters. The van der Waals surface area contributed by atoms with Gasteiger partial charge in [-0.3, -0.25) is 4.90 Å². The van der Waals surface area contributed by atoms with Crippen molar-refractivity contribution < 1.29 is 8.42 Å². The molecule has 0 aromatic heterocycles. The molecule has 3 aliphatic rings. The van der Waals surface area contributed by atoms with Gasteiger partial charge in [-0.15, -0.1) is 0 Å². The molecule has 3 heterocycles. The van der Waals surface area contributed by atoms with Gasteiger partial charge >= 0.3 is 0 Å². The maximum absolute atomic E-state index is 11.6. The van der Waals surface area contributed by atoms with Gasteiger partial charge in [0.2, 0.25) is 0 Å². The van der Waals surface area contributed by atoms with Crippen molar-refractivity contribution in [2.24, 2.45) is 0 Å². The highest BCUT2D eigenvalue weighted by atomic mass is 32.2. The Hall–Kier alpha value is -0.130. The highest BCUT2D eigenvalue weighted by Gasteiger charge is 2.46. The Labute approximate surface area is 110 Å². The smallest absolute Gasteiger partial charge is 0.151 e. The Balaban J connectivity index is 1.69. The molecule has 3 unspecified atom stereocenters. The second-order valence-corrected chi connectivity index (χ2v) is 8.34. The molecule has 3 aliphatic heterocycles. The Bertz CT molecular complexity index is 395. The van der Waals surface area contributed by atoms with Crippen molar-refractivity contribution in [1.29, 1.82) is 0 Å². The topological polar surface area (TPSA) is 49.4 Å². The fourth-order valence-electron chi connectivity index (χ4n) is 4.28. The van der Waals surface area contributed by atoms with E-state index in [0.717, 1.165) is 13.0 Å². The number of nitrogens with one attached hydrogen (secondary N) is 1. The monoisotopic (exact) mass is 272 g/mol. The molecule has 18 heavy (non-hydrogen) atoms. The van der Waals surface area contributed by atoms with Crippen LogP contribution in [0.15, 0.2) is 0 Å². The van der Waals surface area contributed by atoms with Crippen LogP contribution in [0.5, 0.6) is 0 Å². The predicted molar refractivity (Wildman–Crippen MR) is 72.4 cm³/mol. The SMILES string of the molecule is CCNC1CC2CCC(C1)N2C1CCS(=O)(=O)C1. The largest absolute Gasteiger partial charge is 0.314 e. The van der Waals surface area contributed by atoms with Crippen LogP contribution in [0.4, 0.5) is 0 Å². The van der Waals surface area contributed by atoms with Gasteiger partial charge in [-0.05, 0) is 38.6 Å². The number of hydrogen-bond acceptors (Lipinski definition) is 4. The second-order valence-electron chi connectivity index (χ2n) is 6.12. The van der Waals surface area contributed by atoms with Crippen LogP contribution in [0.3, 0.4) is 0 Å². The van der Waals surface area contributed by atoms with Crippen molar-refractivity contribution in [3.05, 3.63) is 0 Å². The van der Waals surface area contributed by atoms with Crippen LogP contribution in [-0.2, 0) is 9.84 Å². The molecular formula is C13H24N2O2S. The van der Waals surface area contributed by atoms with Crippen LogP contribution in [-0.4, -0.2) is 55.5 Å². The minimum atomic E-state index is -2.74. The molecule has 0 aliphatic carbocycles. The zero-order valence-electron chi connectivity index (χ0n) is 11.1. The van der Waals surface area contributed by atoms with Crippen LogP contribution in [0, 0.1) is 0 Å². The highest BCUT2D eigenvalue weighted by Crippen LogP contribution is 2.39. The lowest BCUT2D eigenvalue weighted by Gasteiger charge is -2.42. The molecule has 0 spiro atoms. The molecule has 0 saturated carbocycles. The van der Waals surface area contributed by atoms with Crippen molar-refractivity contribution in [2.75, 3.05) is 18.1 Å². The van der Waals surface area contributed by atoms with E-state index < -0.39 is 9.84 Å². The zero-order valence-corrected chi connectivity index (χ0v) is 12.0. The van der Waals surface area contributed by atoms with E-state index in [-0.39, 0.29) is 0 Å². The van der Waals surface area contributed by atoms with Crippen molar-refractivity contribution in [3.63, 3.8) is 0 Å². The lowest BCUT2D eigenvalue weighted by Crippen LogP contribution is -2.53. The molecule has 104 valence electrons. The molecule has 2 bridgehead atoms. The van der Waals surface area contributed by atoms with Gasteiger partial charge in [-0.25, -0.2) is 8.42 Å². The van der Waals surface area contributed by atoms with E-state index in [1.165, 1.54) is 25.7 Å². The Morgan fingerprint density at radius 3 is 2.28 bits per heavy atom. The number of piperidine rings is 1. The molecule has 1 N–H and O–H groups in total. The summed E-state index contributed by atoms with van der Waals surface area (Å²) in [5.74, 6) is 0.816. The summed E-state index contributed by atoms with van der Waals surface area (Å²) in [6.45, 7) is 3.21. The third kappa shape index (κ3) is 2.32. The summed E-state index contributed by atoms with van der Waals surface area (Å²) in [7, 11) is -2.74. The average Bonchev–Trinajstić information content (AvgIpc) is 2.77. The first kappa shape index (κ1) is 12.9. The number of nitrogens with zero attached hydrogens (tertiary/aromatic N) is 1. The Kier molecular flexibility index (Phi) is 3.41. The Morgan fingerprint density at radius 1 is 1.11 bits per heavy atom. The van der Waals surface area contributed by atoms with E-state index in [0.29, 0.717) is 35.7 Å². The molecule has 4 nitrogen and oxygen atoms in total. The maximum Gasteiger partial charge on any atom is 0.151 e. The quantitative estimate of drug-likeness (QED) is 0.825. The Morgan fingerprint density at radius 2 is 1.78 bits per heavy atom. The molecule has 3 fully saturated rings. The van der Waals surface area contributed by atoms with Crippen LogP contribution >= 0.6 is 0 Å². The molecule has 3 rings (SSSR count). The molecule has 0 amide bonds. The van der Waals surface area contributed by atoms with Crippen molar-refractivity contribution in [1.82, 2.24) is 10.2 Å². The van der Waals surface area contributed by atoms with E-state index in [9.17, 15) is 8.42 Å². The third-order valence-electron chi connectivity index (χ3n) is 4.91. The van der Waals surface area contributed by atoms with Crippen LogP contribution in [0.1, 0.15) is 39.0 Å². The maximum atomic E-state index is 11.6. The minimum Gasteiger partial charge on any atom is -0.314 e. The minimum absolute atomic E-state index is 0.315. The standard InChI is InChI=1S/C13H24N2O2S/c1-2-14-10-7-11-3-4-12(8-10)15(11)13-5-6-18(16,17)9-13/h10-14H,2-9H2,1H3. The third-order valence-corrected chi connectivity index (χ3v) is 6.66. The predicted octanol–water partition coefficient (Wildman–Crippen LogP) is 0.778. The average molecular weight is 272 g/mol. The van der Waals surface area contributed by atoms with Gasteiger partial charge in [-0.1, -0.05) is 6.92 Å². The first-order valence-electron chi connectivity index (χ1n) is 7.30. The summed E-state index contributed by atoms with van der Waals surface area (Å²) in [5.41, 5.74) is 0. The van der Waals surface area contributed by atoms with E-state index in [1.807, 2.05) is 0 Å². The fraction of sp³-hybridized carbons (Fsp3) is 1.00. The van der Waals surface area contributed by atoms with E-state index in [1.54, 1.807) is 0 Å². The van der Waals surface area contributed by atoms with Gasteiger partial charge in [0.1, 0.15) is 0 Å². The van der Waals surface area contributed by atoms with Crippen LogP contribution in [0.25, 0.3) is 0 Å². The normalized spacial score (nSPS) is 43.4. The lowest BCUT2D eigenvalue weighted by molar-refractivity contribution is 0.0806. The van der Waals surface area contributed by atoms with Gasteiger partial charge in [0.05, 0.1) is 11.5 Å². The lowest BCUT2D eigenvalue weighted by atomic mass is 9.95. The number of sulfone groups is 1. The van der Waals surface area contributed by atoms with Gasteiger partial charge < -0.3 is 5.32 Å². The summed E-state index contributed by atoms with van der Waals surface area (Å²) < 4.78 is 23.3. The summed E-state index contributed by atoms with van der Waals surface area (Å²) in [6, 6.07) is 2.23. The van der Waals surface area contributed by atoms with Crippen LogP contribution in [0.2, 0.25) is 0 Å². The van der Waals surface area contributed by atoms with Gasteiger partial charge in [0.15, 0.2) is 9.84 Å². The van der Waals surface area contributed by atoms with Gasteiger partial charge in [0.25, 0.3) is 0 Å². The first-order chi connectivity index (χ1) is 8.59. The van der Waals surface area contributed by atoms with Crippen molar-refractivity contribution in [2.45, 2.75) is 63.2 Å². The number of rotatable bonds is 3. The summed E-state index contributed by atoms with van der Waals surface area (Å²) in [5, 5.41) is 3.57. The number of fused-ring (bicyclic) bond motifs is 2. The first-order valence-corrected chi connectivity index (χ1v) is 9.12. The fourth-order valence-corrected chi connectivity index (χ4v) is 6.00. The van der Waals surface area contributed by atoms with Crippen LogP contribution < -0.4 is 5.32 Å². The molecule has 0 aromatic rings. The van der Waals surface area contributed by atoms with Gasteiger partial charge in [-0.2, -0.15) is 0 Å². The molecule has 3 saturated heterocycles. The van der Waals surface area contributed by atoms with Crippen molar-refractivity contribution in [3.8, 4) is 0 Å². The summed E-state index contributed by atoms with van der Waals surface area (Å²) in [6.07, 6.45) is 5.81. The van der Waals surface area contributed by atoms with E-state index in [4.69, 9.17) is 0 Å². The zero-order chi connectivity index (χ0) is 12.8. The van der Waals surface area contributed by atoms with E-state index in [2.05, 4.69) is 17.1 Å². The molecule has 5 heteroatoms. The summed E-state index contributed by atoms with van der Waals surface area (Å²) in [4.78, 5) is 2.57. The number of hydrogen-bond donors (Lipinski definition) is 1. The van der Waals surface area contributed by atoms with E-state index >= 15 is 0 Å². The summed E-state index contributed by atoms with van der Waals surface area (Å²) >= 11 is 0. The second kappa shape index (κ2) is 4.76. The van der Waals surface area contributed by atoms with Crippen molar-refractivity contribution >= 4 is 9.84 Å². The molecular weight excluding hydrogens is 248 g/mol. The molecule has 0 aromatic carbocycles. The molecule has 0 radical (unpaired) electrons. The highest BCUT2D eigenvalue weighted by molar-refractivity contribution is 7.91. The van der Waals surface area contributed by atoms with Gasteiger partial charge in [0, 0.05) is 24.2 Å².